The smallest absolute Gasteiger partial charge is 0.0194 e. The molecule has 4 unspecified atom stereocenters. The van der Waals surface area contributed by atoms with Crippen molar-refractivity contribution >= 4 is 0 Å². The molecule has 118 valence electrons. The van der Waals surface area contributed by atoms with Crippen molar-refractivity contribution in [2.45, 2.75) is 58.5 Å². The van der Waals surface area contributed by atoms with Crippen LogP contribution < -0.4 is 5.32 Å². The number of rotatable bonds is 4. The van der Waals surface area contributed by atoms with E-state index in [1.165, 1.54) is 51.9 Å². The predicted octanol–water partition coefficient (Wildman–Crippen LogP) is 2.43. The van der Waals surface area contributed by atoms with Crippen molar-refractivity contribution in [1.29, 1.82) is 0 Å². The molecule has 1 saturated heterocycles. The van der Waals surface area contributed by atoms with E-state index >= 15 is 0 Å². The van der Waals surface area contributed by atoms with Crippen LogP contribution in [0.1, 0.15) is 46.5 Å². The average Bonchev–Trinajstić information content (AvgIpc) is 2.55. The molecule has 2 fully saturated rings. The van der Waals surface area contributed by atoms with Crippen LogP contribution in [-0.2, 0) is 0 Å². The first-order valence-electron chi connectivity index (χ1n) is 8.76. The lowest BCUT2D eigenvalue weighted by atomic mass is 9.78. The van der Waals surface area contributed by atoms with Gasteiger partial charge in [0.25, 0.3) is 0 Å². The Hall–Kier alpha value is -0.120. The molecule has 2 aliphatic rings. The van der Waals surface area contributed by atoms with E-state index in [0.717, 1.165) is 24.4 Å². The quantitative estimate of drug-likeness (QED) is 0.854. The molecule has 0 aromatic rings. The van der Waals surface area contributed by atoms with Crippen molar-refractivity contribution in [1.82, 2.24) is 15.1 Å². The molecular formula is C17H35N3. The van der Waals surface area contributed by atoms with Gasteiger partial charge in [0.1, 0.15) is 0 Å². The van der Waals surface area contributed by atoms with E-state index < -0.39 is 0 Å². The molecule has 0 amide bonds. The zero-order chi connectivity index (χ0) is 14.5. The Morgan fingerprint density at radius 2 is 1.95 bits per heavy atom. The molecule has 1 saturated carbocycles. The Bertz CT molecular complexity index is 281. The van der Waals surface area contributed by atoms with Crippen LogP contribution in [0.25, 0.3) is 0 Å². The highest BCUT2D eigenvalue weighted by Gasteiger charge is 2.31. The third-order valence-electron chi connectivity index (χ3n) is 5.36. The topological polar surface area (TPSA) is 18.5 Å². The van der Waals surface area contributed by atoms with Crippen LogP contribution in [0.15, 0.2) is 0 Å². The van der Waals surface area contributed by atoms with Crippen LogP contribution in [0.3, 0.4) is 0 Å². The van der Waals surface area contributed by atoms with Gasteiger partial charge in [-0.25, -0.2) is 0 Å². The number of likely N-dealkylation sites (N-methyl/N-ethyl adjacent to an activating group) is 1. The second kappa shape index (κ2) is 7.77. The molecule has 1 aliphatic carbocycles. The molecule has 2 rings (SSSR count). The molecule has 4 atom stereocenters. The van der Waals surface area contributed by atoms with Gasteiger partial charge in [-0.15, -0.1) is 0 Å². The molecule has 3 nitrogen and oxygen atoms in total. The van der Waals surface area contributed by atoms with Crippen LogP contribution in [0.5, 0.6) is 0 Å². The van der Waals surface area contributed by atoms with Crippen LogP contribution in [0.4, 0.5) is 0 Å². The highest BCUT2D eigenvalue weighted by atomic mass is 15.2. The minimum Gasteiger partial charge on any atom is -0.314 e. The van der Waals surface area contributed by atoms with Gasteiger partial charge in [0, 0.05) is 25.2 Å². The first kappa shape index (κ1) is 16.3. The van der Waals surface area contributed by atoms with Gasteiger partial charge < -0.3 is 10.2 Å². The minimum atomic E-state index is 0.710. The molecule has 0 aromatic carbocycles. The zero-order valence-electron chi connectivity index (χ0n) is 14.1. The summed E-state index contributed by atoms with van der Waals surface area (Å²) in [6, 6.07) is 1.46. The normalized spacial score (nSPS) is 37.8. The third kappa shape index (κ3) is 4.44. The number of hydrogen-bond donors (Lipinski definition) is 1. The molecule has 1 aliphatic heterocycles. The molecule has 1 heterocycles. The maximum Gasteiger partial charge on any atom is 0.0194 e. The SMILES string of the molecule is CCNC1CCC(C)CC1CN1CCCN(C)CC1C. The van der Waals surface area contributed by atoms with E-state index in [-0.39, 0.29) is 0 Å². The number of nitrogens with one attached hydrogen (secondary N) is 1. The summed E-state index contributed by atoms with van der Waals surface area (Å²) >= 11 is 0. The predicted molar refractivity (Wildman–Crippen MR) is 87.1 cm³/mol. The van der Waals surface area contributed by atoms with Gasteiger partial charge in [0.2, 0.25) is 0 Å². The lowest BCUT2D eigenvalue weighted by molar-refractivity contribution is 0.119. The Balaban J connectivity index is 1.94. The van der Waals surface area contributed by atoms with Gasteiger partial charge in [-0.2, -0.15) is 0 Å². The fraction of sp³-hybridized carbons (Fsp3) is 1.00. The standard InChI is InChI=1S/C17H35N3/c1-5-18-17-8-7-14(2)11-16(17)13-20-10-6-9-19(4)12-15(20)3/h14-18H,5-13H2,1-4H3. The Morgan fingerprint density at radius 1 is 1.15 bits per heavy atom. The van der Waals surface area contributed by atoms with Crippen molar-refractivity contribution in [2.75, 3.05) is 39.8 Å². The van der Waals surface area contributed by atoms with Crippen LogP contribution in [0, 0.1) is 11.8 Å². The van der Waals surface area contributed by atoms with E-state index in [9.17, 15) is 0 Å². The van der Waals surface area contributed by atoms with Gasteiger partial charge in [-0.05, 0) is 71.1 Å². The van der Waals surface area contributed by atoms with Crippen molar-refractivity contribution in [3.63, 3.8) is 0 Å². The molecule has 3 heteroatoms. The van der Waals surface area contributed by atoms with Gasteiger partial charge >= 0.3 is 0 Å². The summed E-state index contributed by atoms with van der Waals surface area (Å²) in [5.41, 5.74) is 0. The summed E-state index contributed by atoms with van der Waals surface area (Å²) in [4.78, 5) is 5.26. The summed E-state index contributed by atoms with van der Waals surface area (Å²) in [6.07, 6.45) is 5.53. The molecule has 0 radical (unpaired) electrons. The highest BCUT2D eigenvalue weighted by Crippen LogP contribution is 2.30. The Labute approximate surface area is 126 Å². The van der Waals surface area contributed by atoms with Crippen LogP contribution >= 0.6 is 0 Å². The van der Waals surface area contributed by atoms with Crippen molar-refractivity contribution in [2.24, 2.45) is 11.8 Å². The molecule has 0 bridgehead atoms. The highest BCUT2D eigenvalue weighted by molar-refractivity contribution is 4.87. The van der Waals surface area contributed by atoms with Crippen LogP contribution in [0.2, 0.25) is 0 Å². The fourth-order valence-electron chi connectivity index (χ4n) is 4.23. The molecule has 1 N–H and O–H groups in total. The summed E-state index contributed by atoms with van der Waals surface area (Å²) in [6.45, 7) is 13.3. The summed E-state index contributed by atoms with van der Waals surface area (Å²) in [5.74, 6) is 1.77. The number of hydrogen-bond acceptors (Lipinski definition) is 3. The van der Waals surface area contributed by atoms with Gasteiger partial charge in [0.05, 0.1) is 0 Å². The second-order valence-corrected chi connectivity index (χ2v) is 7.30. The first-order chi connectivity index (χ1) is 9.60. The molecular weight excluding hydrogens is 246 g/mol. The van der Waals surface area contributed by atoms with E-state index in [1.54, 1.807) is 0 Å². The van der Waals surface area contributed by atoms with Crippen molar-refractivity contribution in [3.05, 3.63) is 0 Å². The first-order valence-corrected chi connectivity index (χ1v) is 8.76. The second-order valence-electron chi connectivity index (χ2n) is 7.30. The maximum absolute atomic E-state index is 3.75. The van der Waals surface area contributed by atoms with E-state index in [1.807, 2.05) is 0 Å². The van der Waals surface area contributed by atoms with Gasteiger partial charge in [0.15, 0.2) is 0 Å². The van der Waals surface area contributed by atoms with E-state index in [0.29, 0.717) is 6.04 Å². The third-order valence-corrected chi connectivity index (χ3v) is 5.36. The molecule has 0 spiro atoms. The summed E-state index contributed by atoms with van der Waals surface area (Å²) < 4.78 is 0. The van der Waals surface area contributed by atoms with Crippen molar-refractivity contribution in [3.8, 4) is 0 Å². The number of nitrogens with zero attached hydrogens (tertiary/aromatic N) is 2. The lowest BCUT2D eigenvalue weighted by Crippen LogP contribution is -2.48. The van der Waals surface area contributed by atoms with Crippen molar-refractivity contribution < 1.29 is 0 Å². The lowest BCUT2D eigenvalue weighted by Gasteiger charge is -2.40. The summed E-state index contributed by atoms with van der Waals surface area (Å²) in [7, 11) is 2.27. The minimum absolute atomic E-state index is 0.710. The van der Waals surface area contributed by atoms with Gasteiger partial charge in [-0.3, -0.25) is 4.90 Å². The largest absolute Gasteiger partial charge is 0.314 e. The molecule has 20 heavy (non-hydrogen) atoms. The molecule has 0 aromatic heterocycles. The average molecular weight is 281 g/mol. The Kier molecular flexibility index (Phi) is 6.31. The fourth-order valence-corrected chi connectivity index (χ4v) is 4.23. The van der Waals surface area contributed by atoms with Crippen LogP contribution in [-0.4, -0.2) is 61.7 Å². The monoisotopic (exact) mass is 281 g/mol. The van der Waals surface area contributed by atoms with E-state index in [4.69, 9.17) is 0 Å². The Morgan fingerprint density at radius 3 is 2.70 bits per heavy atom. The van der Waals surface area contributed by atoms with E-state index in [2.05, 4.69) is 42.9 Å². The van der Waals surface area contributed by atoms with Gasteiger partial charge in [-0.1, -0.05) is 13.8 Å². The maximum atomic E-state index is 3.75. The zero-order valence-corrected chi connectivity index (χ0v) is 14.1. The summed E-state index contributed by atoms with van der Waals surface area (Å²) in [5, 5.41) is 3.75.